The summed E-state index contributed by atoms with van der Waals surface area (Å²) < 4.78 is 0. The van der Waals surface area contributed by atoms with Crippen LogP contribution in [0.15, 0.2) is 29.2 Å². The molecule has 0 aliphatic carbocycles. The minimum Gasteiger partial charge on any atom is -0.313 e. The summed E-state index contributed by atoms with van der Waals surface area (Å²) in [7, 11) is 0. The van der Waals surface area contributed by atoms with E-state index in [1.165, 1.54) is 35.6 Å². The fourth-order valence-corrected chi connectivity index (χ4v) is 2.92. The van der Waals surface area contributed by atoms with Crippen molar-refractivity contribution in [3.05, 3.63) is 29.8 Å². The summed E-state index contributed by atoms with van der Waals surface area (Å²) in [5.41, 5.74) is 1.36. The number of aryl methyl sites for hydroxylation is 1. The lowest BCUT2D eigenvalue weighted by Gasteiger charge is -2.09. The molecule has 0 saturated carbocycles. The van der Waals surface area contributed by atoms with E-state index in [-0.39, 0.29) is 0 Å². The monoisotopic (exact) mass is 207 g/mol. The van der Waals surface area contributed by atoms with Gasteiger partial charge in [-0.1, -0.05) is 17.7 Å². The maximum atomic E-state index is 3.52. The van der Waals surface area contributed by atoms with Crippen LogP contribution in [-0.4, -0.2) is 18.3 Å². The van der Waals surface area contributed by atoms with Crippen molar-refractivity contribution in [3.8, 4) is 0 Å². The first kappa shape index (κ1) is 10.1. The van der Waals surface area contributed by atoms with Crippen LogP contribution in [0.2, 0.25) is 0 Å². The molecule has 1 saturated heterocycles. The molecule has 1 aromatic carbocycles. The highest BCUT2D eigenvalue weighted by Gasteiger charge is 2.13. The molecule has 0 radical (unpaired) electrons. The highest BCUT2D eigenvalue weighted by atomic mass is 32.2. The van der Waals surface area contributed by atoms with Gasteiger partial charge in [-0.3, -0.25) is 0 Å². The van der Waals surface area contributed by atoms with Gasteiger partial charge in [0.2, 0.25) is 0 Å². The van der Waals surface area contributed by atoms with Crippen molar-refractivity contribution in [2.75, 3.05) is 12.3 Å². The van der Waals surface area contributed by atoms with E-state index in [0.29, 0.717) is 0 Å². The third kappa shape index (κ3) is 2.76. The van der Waals surface area contributed by atoms with Crippen molar-refractivity contribution in [2.24, 2.45) is 0 Å². The van der Waals surface area contributed by atoms with Crippen LogP contribution in [0.4, 0.5) is 0 Å². The van der Waals surface area contributed by atoms with Crippen LogP contribution < -0.4 is 5.32 Å². The van der Waals surface area contributed by atoms with Gasteiger partial charge in [0, 0.05) is 16.7 Å². The topological polar surface area (TPSA) is 12.0 Å². The molecule has 1 heterocycles. The van der Waals surface area contributed by atoms with Gasteiger partial charge in [-0.2, -0.15) is 0 Å². The molecule has 1 nitrogen and oxygen atoms in total. The first-order valence-corrected chi connectivity index (χ1v) is 6.26. The smallest absolute Gasteiger partial charge is 0.0162 e. The molecule has 76 valence electrons. The Morgan fingerprint density at radius 1 is 1.50 bits per heavy atom. The van der Waals surface area contributed by atoms with E-state index >= 15 is 0 Å². The summed E-state index contributed by atoms with van der Waals surface area (Å²) in [6.45, 7) is 3.36. The Labute approximate surface area is 90.3 Å². The van der Waals surface area contributed by atoms with E-state index in [1.54, 1.807) is 0 Å². The lowest BCUT2D eigenvalue weighted by Crippen LogP contribution is -2.23. The second kappa shape index (κ2) is 4.85. The van der Waals surface area contributed by atoms with Crippen molar-refractivity contribution >= 4 is 11.8 Å². The number of benzene rings is 1. The Morgan fingerprint density at radius 3 is 3.14 bits per heavy atom. The Bertz CT molecular complexity index is 292. The molecule has 0 bridgehead atoms. The first-order valence-electron chi connectivity index (χ1n) is 5.27. The summed E-state index contributed by atoms with van der Waals surface area (Å²) in [4.78, 5) is 1.40. The summed E-state index contributed by atoms with van der Waals surface area (Å²) in [6, 6.07) is 9.49. The number of hydrogen-bond donors (Lipinski definition) is 1. The highest BCUT2D eigenvalue weighted by molar-refractivity contribution is 7.99. The Kier molecular flexibility index (Phi) is 3.49. The molecular formula is C12H17NS. The van der Waals surface area contributed by atoms with E-state index < -0.39 is 0 Å². The summed E-state index contributed by atoms with van der Waals surface area (Å²) in [5.74, 6) is 1.21. The molecule has 1 aliphatic heterocycles. The second-order valence-electron chi connectivity index (χ2n) is 3.92. The van der Waals surface area contributed by atoms with Crippen LogP contribution in [0.5, 0.6) is 0 Å². The molecule has 1 aliphatic rings. The van der Waals surface area contributed by atoms with Gasteiger partial charge in [-0.15, -0.1) is 11.8 Å². The molecule has 0 spiro atoms. The molecule has 0 amide bonds. The molecule has 0 unspecified atom stereocenters. The second-order valence-corrected chi connectivity index (χ2v) is 5.01. The van der Waals surface area contributed by atoms with Gasteiger partial charge in [-0.25, -0.2) is 0 Å². The maximum absolute atomic E-state index is 3.52. The largest absolute Gasteiger partial charge is 0.313 e. The Balaban J connectivity index is 1.85. The van der Waals surface area contributed by atoms with Gasteiger partial charge in [0.1, 0.15) is 0 Å². The third-order valence-electron chi connectivity index (χ3n) is 2.60. The maximum Gasteiger partial charge on any atom is 0.0162 e. The molecule has 14 heavy (non-hydrogen) atoms. The molecule has 2 heteroatoms. The number of rotatable bonds is 3. The number of nitrogens with one attached hydrogen (secondary N) is 1. The van der Waals surface area contributed by atoms with E-state index in [9.17, 15) is 0 Å². The molecule has 1 fully saturated rings. The fraction of sp³-hybridized carbons (Fsp3) is 0.500. The van der Waals surface area contributed by atoms with Crippen molar-refractivity contribution in [1.29, 1.82) is 0 Å². The van der Waals surface area contributed by atoms with Crippen molar-refractivity contribution < 1.29 is 0 Å². The third-order valence-corrected chi connectivity index (χ3v) is 3.76. The zero-order chi connectivity index (χ0) is 9.80. The number of thioether (sulfide) groups is 1. The average molecular weight is 207 g/mol. The first-order chi connectivity index (χ1) is 6.84. The van der Waals surface area contributed by atoms with Crippen LogP contribution in [0.3, 0.4) is 0 Å². The zero-order valence-electron chi connectivity index (χ0n) is 8.62. The molecule has 1 aromatic rings. The van der Waals surface area contributed by atoms with Crippen LogP contribution in [0.25, 0.3) is 0 Å². The minimum atomic E-state index is 0.737. The molecule has 0 aromatic heterocycles. The normalized spacial score (nSPS) is 21.4. The van der Waals surface area contributed by atoms with Gasteiger partial charge in [0.25, 0.3) is 0 Å². The lowest BCUT2D eigenvalue weighted by molar-refractivity contribution is 0.674. The number of hydrogen-bond acceptors (Lipinski definition) is 2. The summed E-state index contributed by atoms with van der Waals surface area (Å²) in [6.07, 6.45) is 2.69. The Morgan fingerprint density at radius 2 is 2.43 bits per heavy atom. The summed E-state index contributed by atoms with van der Waals surface area (Å²) >= 11 is 1.97. The van der Waals surface area contributed by atoms with Crippen LogP contribution >= 0.6 is 11.8 Å². The Hall–Kier alpha value is -0.470. The predicted molar refractivity (Wildman–Crippen MR) is 62.9 cm³/mol. The zero-order valence-corrected chi connectivity index (χ0v) is 9.44. The van der Waals surface area contributed by atoms with Gasteiger partial charge < -0.3 is 5.32 Å². The van der Waals surface area contributed by atoms with Gasteiger partial charge in [-0.05, 0) is 38.4 Å². The minimum absolute atomic E-state index is 0.737. The predicted octanol–water partition coefficient (Wildman–Crippen LogP) is 2.84. The van der Waals surface area contributed by atoms with E-state index in [4.69, 9.17) is 0 Å². The average Bonchev–Trinajstić information content (AvgIpc) is 2.67. The van der Waals surface area contributed by atoms with E-state index in [1.807, 2.05) is 11.8 Å². The molecule has 2 rings (SSSR count). The highest BCUT2D eigenvalue weighted by Crippen LogP contribution is 2.21. The molecule has 1 atom stereocenters. The lowest BCUT2D eigenvalue weighted by atomic mass is 10.2. The fourth-order valence-electron chi connectivity index (χ4n) is 1.80. The van der Waals surface area contributed by atoms with Crippen molar-refractivity contribution in [3.63, 3.8) is 0 Å². The molecular weight excluding hydrogens is 190 g/mol. The van der Waals surface area contributed by atoms with E-state index in [2.05, 4.69) is 36.5 Å². The van der Waals surface area contributed by atoms with Crippen molar-refractivity contribution in [1.82, 2.24) is 5.32 Å². The van der Waals surface area contributed by atoms with Crippen LogP contribution in [-0.2, 0) is 0 Å². The SMILES string of the molecule is Cc1cccc(SC[C@@H]2CCCN2)c1. The summed E-state index contributed by atoms with van der Waals surface area (Å²) in [5, 5.41) is 3.52. The van der Waals surface area contributed by atoms with Gasteiger partial charge >= 0.3 is 0 Å². The van der Waals surface area contributed by atoms with Gasteiger partial charge in [0.05, 0.1) is 0 Å². The van der Waals surface area contributed by atoms with Crippen LogP contribution in [0, 0.1) is 6.92 Å². The quantitative estimate of drug-likeness (QED) is 0.765. The van der Waals surface area contributed by atoms with Crippen molar-refractivity contribution in [2.45, 2.75) is 30.7 Å². The molecule has 1 N–H and O–H groups in total. The standard InChI is InChI=1S/C12H17NS/c1-10-4-2-6-12(8-10)14-9-11-5-3-7-13-11/h2,4,6,8,11,13H,3,5,7,9H2,1H3/t11-/m0/s1. The van der Waals surface area contributed by atoms with E-state index in [0.717, 1.165) is 6.04 Å². The van der Waals surface area contributed by atoms with Crippen LogP contribution in [0.1, 0.15) is 18.4 Å². The van der Waals surface area contributed by atoms with Gasteiger partial charge in [0.15, 0.2) is 0 Å².